The summed E-state index contributed by atoms with van der Waals surface area (Å²) in [6, 6.07) is 1.94. The van der Waals surface area contributed by atoms with Gasteiger partial charge in [-0.3, -0.25) is 4.79 Å². The van der Waals surface area contributed by atoms with Crippen LogP contribution in [0, 0.1) is 11.8 Å². The van der Waals surface area contributed by atoms with E-state index in [2.05, 4.69) is 32.2 Å². The van der Waals surface area contributed by atoms with E-state index in [4.69, 9.17) is 0 Å². The van der Waals surface area contributed by atoms with Crippen molar-refractivity contribution in [2.45, 2.75) is 32.6 Å². The molecule has 1 fully saturated rings. The third kappa shape index (κ3) is 2.91. The van der Waals surface area contributed by atoms with E-state index in [0.717, 1.165) is 54.0 Å². The Kier molecular flexibility index (Phi) is 4.02. The van der Waals surface area contributed by atoms with Gasteiger partial charge in [-0.2, -0.15) is 0 Å². The lowest BCUT2D eigenvalue weighted by Gasteiger charge is -2.24. The number of H-pyrrole nitrogens is 1. The second-order valence-corrected chi connectivity index (χ2v) is 7.30. The summed E-state index contributed by atoms with van der Waals surface area (Å²) >= 11 is 1.43. The maximum absolute atomic E-state index is 12.4. The zero-order chi connectivity index (χ0) is 16.5. The van der Waals surface area contributed by atoms with Gasteiger partial charge in [0.1, 0.15) is 23.4 Å². The van der Waals surface area contributed by atoms with E-state index < -0.39 is 0 Å². The van der Waals surface area contributed by atoms with Crippen LogP contribution in [-0.4, -0.2) is 25.8 Å². The number of carbonyl (C=O) groups is 1. The molecule has 1 aliphatic carbocycles. The highest BCUT2D eigenvalue weighted by atomic mass is 32.1. The molecule has 3 heterocycles. The fourth-order valence-electron chi connectivity index (χ4n) is 3.25. The van der Waals surface area contributed by atoms with Crippen molar-refractivity contribution in [1.82, 2.24) is 19.9 Å². The van der Waals surface area contributed by atoms with Crippen molar-refractivity contribution < 1.29 is 6.22 Å². The number of thiazole rings is 1. The highest BCUT2D eigenvalue weighted by Crippen LogP contribution is 2.31. The van der Waals surface area contributed by atoms with Crippen LogP contribution in [0.3, 0.4) is 0 Å². The van der Waals surface area contributed by atoms with Gasteiger partial charge in [0.05, 0.1) is 0 Å². The van der Waals surface area contributed by atoms with E-state index in [1.807, 2.05) is 17.6 Å². The number of hydrogen-bond donors (Lipinski definition) is 2. The van der Waals surface area contributed by atoms with E-state index in [9.17, 15) is 4.79 Å². The van der Waals surface area contributed by atoms with E-state index >= 15 is 0 Å². The van der Waals surface area contributed by atoms with Crippen LogP contribution >= 0.6 is 11.3 Å². The van der Waals surface area contributed by atoms with Gasteiger partial charge in [-0.15, -0.1) is 11.3 Å². The summed E-state index contributed by atoms with van der Waals surface area (Å²) in [6.45, 7) is 2.25. The van der Waals surface area contributed by atoms with E-state index in [1.54, 1.807) is 0 Å². The van der Waals surface area contributed by atoms with Crippen molar-refractivity contribution >= 4 is 33.4 Å². The Labute approximate surface area is 145 Å². The van der Waals surface area contributed by atoms with Crippen molar-refractivity contribution in [3.05, 3.63) is 24.0 Å². The molecule has 7 heteroatoms. The lowest BCUT2D eigenvalue weighted by molar-refractivity contribution is -0.121. The summed E-state index contributed by atoms with van der Waals surface area (Å²) in [5.74, 6) is 0.947. The van der Waals surface area contributed by atoms with Crippen LogP contribution in [-0.2, 0) is 4.79 Å². The largest absolute Gasteiger partial charge is 0.346 e. The summed E-state index contributed by atoms with van der Waals surface area (Å²) in [5, 5.41) is 6.47. The molecule has 2 N–H and O–H groups in total. The van der Waals surface area contributed by atoms with Gasteiger partial charge in [0.15, 0.2) is 5.13 Å². The van der Waals surface area contributed by atoms with Crippen LogP contribution in [0.15, 0.2) is 24.0 Å². The van der Waals surface area contributed by atoms with Gasteiger partial charge in [0.2, 0.25) is 5.91 Å². The normalized spacial score (nSPS) is 21.0. The zero-order valence-corrected chi connectivity index (χ0v) is 14.3. The quantitative estimate of drug-likeness (QED) is 0.750. The van der Waals surface area contributed by atoms with Gasteiger partial charge < -0.3 is 10.3 Å². The predicted molar refractivity (Wildman–Crippen MR) is 96.9 cm³/mol. The van der Waals surface area contributed by atoms with Crippen molar-refractivity contribution in [3.63, 3.8) is 0 Å². The first-order chi connectivity index (χ1) is 11.7. The molecule has 126 valence electrons. The molecule has 0 radical (unpaired) electrons. The Hall–Kier alpha value is -2.28. The number of hydrogen-bond acceptors (Lipinski definition) is 5. The maximum atomic E-state index is 12.4. The molecule has 0 unspecified atom stereocenters. The second kappa shape index (κ2) is 6.32. The first-order valence-corrected chi connectivity index (χ1v) is 9.13. The fraction of sp³-hybridized carbons (Fsp3) is 0.412. The Morgan fingerprint density at radius 2 is 2.17 bits per heavy atom. The molecule has 1 saturated carbocycles. The molecule has 0 saturated heterocycles. The maximum Gasteiger partial charge on any atom is 0.229 e. The average molecular weight is 343 g/mol. The van der Waals surface area contributed by atoms with Crippen molar-refractivity contribution in [1.29, 1.82) is 0 Å². The van der Waals surface area contributed by atoms with Gasteiger partial charge in [0, 0.05) is 24.3 Å². The molecule has 3 aromatic rings. The number of amides is 1. The summed E-state index contributed by atoms with van der Waals surface area (Å²) in [4.78, 5) is 28.6. The highest BCUT2D eigenvalue weighted by Gasteiger charge is 2.25. The Morgan fingerprint density at radius 3 is 3.00 bits per heavy atom. The number of nitrogens with zero attached hydrogens (tertiary/aromatic N) is 3. The second-order valence-electron chi connectivity index (χ2n) is 6.45. The number of rotatable bonds is 3. The third-order valence-corrected chi connectivity index (χ3v) is 5.48. The van der Waals surface area contributed by atoms with Gasteiger partial charge in [0.25, 0.3) is 0 Å². The van der Waals surface area contributed by atoms with Crippen molar-refractivity contribution in [2.24, 2.45) is 11.8 Å². The Balaban J connectivity index is 0.00000182. The van der Waals surface area contributed by atoms with E-state index in [1.165, 1.54) is 17.7 Å². The monoisotopic (exact) mass is 343 g/mol. The van der Waals surface area contributed by atoms with Gasteiger partial charge in [-0.1, -0.05) is 6.92 Å². The smallest absolute Gasteiger partial charge is 0.229 e. The molecule has 0 atom stereocenters. The van der Waals surface area contributed by atoms with Gasteiger partial charge in [-0.05, 0) is 37.7 Å². The third-order valence-electron chi connectivity index (χ3n) is 4.72. The SMILES string of the molecule is CC1CCC(C(=O)Nc2nc(-c3ncnc4[nH]ccc34)cs2)CC1.[HH]. The van der Waals surface area contributed by atoms with E-state index in [0.29, 0.717) is 5.13 Å². The minimum atomic E-state index is 0. The lowest BCUT2D eigenvalue weighted by atomic mass is 9.82. The standard InChI is InChI=1S/C17H19N5OS.H2/c1-10-2-4-11(5-3-10)16(23)22-17-21-13(8-24-17)14-12-6-7-18-15(12)20-9-19-14;/h6-11H,2-5H2,1H3,(H,18,19,20)(H,21,22,23);1H. The van der Waals surface area contributed by atoms with Crippen molar-refractivity contribution in [3.8, 4) is 11.4 Å². The molecule has 0 spiro atoms. The first-order valence-electron chi connectivity index (χ1n) is 8.25. The van der Waals surface area contributed by atoms with Crippen LogP contribution in [0.1, 0.15) is 34.0 Å². The van der Waals surface area contributed by atoms with Crippen LogP contribution in [0.25, 0.3) is 22.4 Å². The number of aromatic amines is 1. The first kappa shape index (κ1) is 15.3. The van der Waals surface area contributed by atoms with Crippen molar-refractivity contribution in [2.75, 3.05) is 5.32 Å². The molecule has 0 aromatic carbocycles. The summed E-state index contributed by atoms with van der Waals surface area (Å²) in [7, 11) is 0. The molecular formula is C17H21N5OS. The van der Waals surface area contributed by atoms with Crippen LogP contribution in [0.5, 0.6) is 0 Å². The molecular weight excluding hydrogens is 322 g/mol. The Morgan fingerprint density at radius 1 is 1.33 bits per heavy atom. The highest BCUT2D eigenvalue weighted by molar-refractivity contribution is 7.14. The molecule has 6 nitrogen and oxygen atoms in total. The minimum Gasteiger partial charge on any atom is -0.346 e. The molecule has 0 aliphatic heterocycles. The zero-order valence-electron chi connectivity index (χ0n) is 13.5. The fourth-order valence-corrected chi connectivity index (χ4v) is 3.94. The number of nitrogens with one attached hydrogen (secondary N) is 2. The van der Waals surface area contributed by atoms with E-state index in [-0.39, 0.29) is 13.3 Å². The minimum absolute atomic E-state index is 0. The summed E-state index contributed by atoms with van der Waals surface area (Å²) < 4.78 is 0. The summed E-state index contributed by atoms with van der Waals surface area (Å²) in [6.07, 6.45) is 7.57. The topological polar surface area (TPSA) is 83.6 Å². The predicted octanol–water partition coefficient (Wildman–Crippen LogP) is 4.09. The van der Waals surface area contributed by atoms with Gasteiger partial charge >= 0.3 is 0 Å². The molecule has 1 amide bonds. The lowest BCUT2D eigenvalue weighted by Crippen LogP contribution is -2.26. The molecule has 1 aliphatic rings. The molecule has 4 rings (SSSR count). The molecule has 3 aromatic heterocycles. The van der Waals surface area contributed by atoms with Gasteiger partial charge in [-0.25, -0.2) is 15.0 Å². The molecule has 0 bridgehead atoms. The van der Waals surface area contributed by atoms with Crippen LogP contribution < -0.4 is 5.32 Å². The number of anilines is 1. The number of aromatic nitrogens is 4. The Bertz CT molecular complexity index is 869. The molecule has 24 heavy (non-hydrogen) atoms. The average Bonchev–Trinajstić information content (AvgIpc) is 3.24. The van der Waals surface area contributed by atoms with Crippen LogP contribution in [0.4, 0.5) is 5.13 Å². The summed E-state index contributed by atoms with van der Waals surface area (Å²) in [5.41, 5.74) is 2.33. The number of carbonyl (C=O) groups excluding carboxylic acids is 1. The number of fused-ring (bicyclic) bond motifs is 1. The van der Waals surface area contributed by atoms with Crippen LogP contribution in [0.2, 0.25) is 0 Å².